The highest BCUT2D eigenvalue weighted by atomic mass is 16.5. The molecule has 0 fully saturated rings. The van der Waals surface area contributed by atoms with Crippen molar-refractivity contribution in [2.75, 3.05) is 14.2 Å². The van der Waals surface area contributed by atoms with E-state index in [9.17, 15) is 0 Å². The Labute approximate surface area is 142 Å². The number of ether oxygens (including phenoxy) is 2. The summed E-state index contributed by atoms with van der Waals surface area (Å²) in [4.78, 5) is 0. The van der Waals surface area contributed by atoms with Gasteiger partial charge in [-0.25, -0.2) is 4.52 Å². The average Bonchev–Trinajstić information content (AvgIpc) is 3.04. The van der Waals surface area contributed by atoms with E-state index < -0.39 is 0 Å². The lowest BCUT2D eigenvalue weighted by molar-refractivity contribution is 0.0729. The summed E-state index contributed by atoms with van der Waals surface area (Å²) in [6.45, 7) is 2.87. The van der Waals surface area contributed by atoms with Gasteiger partial charge in [-0.1, -0.05) is 18.2 Å². The number of nitrogens with zero attached hydrogens (tertiary/aromatic N) is 2. The second-order valence-electron chi connectivity index (χ2n) is 5.80. The second kappa shape index (κ2) is 7.47. The molecule has 126 valence electrons. The van der Waals surface area contributed by atoms with E-state index in [1.807, 2.05) is 53.3 Å². The normalized spacial score (nSPS) is 13.8. The Morgan fingerprint density at radius 3 is 2.62 bits per heavy atom. The fourth-order valence-electron chi connectivity index (χ4n) is 2.92. The molecule has 5 heteroatoms. The maximum absolute atomic E-state index is 5.70. The minimum Gasteiger partial charge on any atom is -0.497 e. The predicted octanol–water partition coefficient (Wildman–Crippen LogP) is 3.21. The van der Waals surface area contributed by atoms with Crippen LogP contribution in [0.25, 0.3) is 5.52 Å². The van der Waals surface area contributed by atoms with Crippen LogP contribution in [0.5, 0.6) is 5.75 Å². The van der Waals surface area contributed by atoms with E-state index in [1.54, 1.807) is 14.2 Å². The Morgan fingerprint density at radius 1 is 1.12 bits per heavy atom. The van der Waals surface area contributed by atoms with Gasteiger partial charge in [-0.3, -0.25) is 0 Å². The summed E-state index contributed by atoms with van der Waals surface area (Å²) in [5.41, 5.74) is 3.42. The summed E-state index contributed by atoms with van der Waals surface area (Å²) < 4.78 is 12.8. The molecule has 0 aliphatic carbocycles. The molecule has 2 unspecified atom stereocenters. The molecule has 3 rings (SSSR count). The van der Waals surface area contributed by atoms with Gasteiger partial charge in [-0.15, -0.1) is 0 Å². The van der Waals surface area contributed by atoms with Crippen molar-refractivity contribution in [1.29, 1.82) is 0 Å². The van der Waals surface area contributed by atoms with E-state index in [-0.39, 0.29) is 12.1 Å². The first-order chi connectivity index (χ1) is 11.7. The van der Waals surface area contributed by atoms with Crippen molar-refractivity contribution in [1.82, 2.24) is 14.9 Å². The van der Waals surface area contributed by atoms with E-state index in [4.69, 9.17) is 9.47 Å². The predicted molar refractivity (Wildman–Crippen MR) is 94.2 cm³/mol. The summed E-state index contributed by atoms with van der Waals surface area (Å²) in [6, 6.07) is 14.2. The molecule has 1 N–H and O–H groups in total. The van der Waals surface area contributed by atoms with Gasteiger partial charge in [0, 0.05) is 31.5 Å². The number of hydrogen-bond donors (Lipinski definition) is 1. The van der Waals surface area contributed by atoms with Crippen LogP contribution in [0.4, 0.5) is 0 Å². The van der Waals surface area contributed by atoms with Gasteiger partial charge in [-0.05, 0) is 36.8 Å². The number of benzene rings is 1. The molecule has 2 heterocycles. The quantitative estimate of drug-likeness (QED) is 0.725. The Hall–Kier alpha value is -2.37. The first-order valence-electron chi connectivity index (χ1n) is 8.04. The van der Waals surface area contributed by atoms with Crippen molar-refractivity contribution in [2.24, 2.45) is 0 Å². The zero-order valence-corrected chi connectivity index (χ0v) is 14.3. The third-order valence-electron chi connectivity index (χ3n) is 4.27. The van der Waals surface area contributed by atoms with Crippen LogP contribution in [0.1, 0.15) is 24.2 Å². The molecule has 0 saturated heterocycles. The molecule has 2 aromatic heterocycles. The molecule has 0 aliphatic heterocycles. The molecule has 0 amide bonds. The number of rotatable bonds is 7. The summed E-state index contributed by atoms with van der Waals surface area (Å²) in [5, 5.41) is 7.92. The Bertz CT molecular complexity index is 783. The summed E-state index contributed by atoms with van der Waals surface area (Å²) in [7, 11) is 3.41. The zero-order valence-electron chi connectivity index (χ0n) is 14.3. The third-order valence-corrected chi connectivity index (χ3v) is 4.27. The minimum absolute atomic E-state index is 0.0299. The number of methoxy groups -OCH3 is 2. The highest BCUT2D eigenvalue weighted by molar-refractivity contribution is 5.53. The summed E-state index contributed by atoms with van der Waals surface area (Å²) >= 11 is 0. The van der Waals surface area contributed by atoms with Crippen LogP contribution in [0, 0.1) is 0 Å². The van der Waals surface area contributed by atoms with Crippen molar-refractivity contribution in [3.63, 3.8) is 0 Å². The molecule has 2 atom stereocenters. The molecule has 0 spiro atoms. The monoisotopic (exact) mass is 325 g/mol. The van der Waals surface area contributed by atoms with Crippen molar-refractivity contribution in [3.8, 4) is 5.75 Å². The van der Waals surface area contributed by atoms with E-state index in [1.165, 1.54) is 5.56 Å². The lowest BCUT2D eigenvalue weighted by Crippen LogP contribution is -2.32. The second-order valence-corrected chi connectivity index (χ2v) is 5.80. The molecular formula is C19H23N3O2. The molecule has 24 heavy (non-hydrogen) atoms. The Balaban J connectivity index is 1.69. The maximum Gasteiger partial charge on any atom is 0.118 e. The van der Waals surface area contributed by atoms with Gasteiger partial charge in [0.15, 0.2) is 0 Å². The lowest BCUT2D eigenvalue weighted by Gasteiger charge is -2.24. The van der Waals surface area contributed by atoms with Crippen molar-refractivity contribution in [3.05, 3.63) is 66.0 Å². The lowest BCUT2D eigenvalue weighted by atomic mass is 10.0. The molecule has 5 nitrogen and oxygen atoms in total. The standard InChI is InChI=1S/C19H23N3O2/c1-14(19(24-3)15-7-9-17(23-2)10-8-15)20-12-16-13-21-22-11-5-4-6-18(16)22/h4-11,13-14,19-20H,12H2,1-3H3. The average molecular weight is 325 g/mol. The first kappa shape index (κ1) is 16.5. The molecule has 0 radical (unpaired) electrons. The van der Waals surface area contributed by atoms with Crippen LogP contribution >= 0.6 is 0 Å². The number of fused-ring (bicyclic) bond motifs is 1. The number of hydrogen-bond acceptors (Lipinski definition) is 4. The molecule has 0 aliphatic rings. The van der Waals surface area contributed by atoms with Crippen molar-refractivity contribution < 1.29 is 9.47 Å². The van der Waals surface area contributed by atoms with E-state index in [2.05, 4.69) is 23.4 Å². The van der Waals surface area contributed by atoms with Gasteiger partial charge in [-0.2, -0.15) is 5.10 Å². The number of pyridine rings is 1. The molecule has 0 bridgehead atoms. The fraction of sp³-hybridized carbons (Fsp3) is 0.316. The van der Waals surface area contributed by atoms with Crippen LogP contribution in [0.15, 0.2) is 54.9 Å². The highest BCUT2D eigenvalue weighted by Crippen LogP contribution is 2.23. The summed E-state index contributed by atoms with van der Waals surface area (Å²) in [6.07, 6.45) is 3.83. The highest BCUT2D eigenvalue weighted by Gasteiger charge is 2.19. The third kappa shape index (κ3) is 3.42. The number of aromatic nitrogens is 2. The zero-order chi connectivity index (χ0) is 16.9. The molecule has 0 saturated carbocycles. The van der Waals surface area contributed by atoms with E-state index >= 15 is 0 Å². The van der Waals surface area contributed by atoms with Gasteiger partial charge in [0.2, 0.25) is 0 Å². The Morgan fingerprint density at radius 2 is 1.92 bits per heavy atom. The van der Waals surface area contributed by atoms with Crippen LogP contribution in [0.3, 0.4) is 0 Å². The first-order valence-corrected chi connectivity index (χ1v) is 8.04. The minimum atomic E-state index is -0.0299. The summed E-state index contributed by atoms with van der Waals surface area (Å²) in [5.74, 6) is 0.848. The van der Waals surface area contributed by atoms with Gasteiger partial charge in [0.05, 0.1) is 24.9 Å². The molecular weight excluding hydrogens is 302 g/mol. The SMILES string of the molecule is COc1ccc(C(OC)C(C)NCc2cnn3ccccc23)cc1. The van der Waals surface area contributed by atoms with E-state index in [0.717, 1.165) is 23.4 Å². The van der Waals surface area contributed by atoms with Crippen molar-refractivity contribution >= 4 is 5.52 Å². The van der Waals surface area contributed by atoms with Gasteiger partial charge in [0.1, 0.15) is 5.75 Å². The largest absolute Gasteiger partial charge is 0.497 e. The van der Waals surface area contributed by atoms with E-state index in [0.29, 0.717) is 0 Å². The maximum atomic E-state index is 5.70. The number of nitrogens with one attached hydrogen (secondary N) is 1. The fourth-order valence-corrected chi connectivity index (χ4v) is 2.92. The topological polar surface area (TPSA) is 47.8 Å². The van der Waals surface area contributed by atoms with Gasteiger partial charge < -0.3 is 14.8 Å². The van der Waals surface area contributed by atoms with Crippen LogP contribution < -0.4 is 10.1 Å². The molecule has 3 aromatic rings. The van der Waals surface area contributed by atoms with Crippen LogP contribution in [0.2, 0.25) is 0 Å². The van der Waals surface area contributed by atoms with Crippen molar-refractivity contribution in [2.45, 2.75) is 25.6 Å². The van der Waals surface area contributed by atoms with Crippen LogP contribution in [-0.2, 0) is 11.3 Å². The molecule has 1 aromatic carbocycles. The van der Waals surface area contributed by atoms with Crippen LogP contribution in [-0.4, -0.2) is 29.9 Å². The van der Waals surface area contributed by atoms with Gasteiger partial charge in [0.25, 0.3) is 0 Å². The Kier molecular flexibility index (Phi) is 5.13. The van der Waals surface area contributed by atoms with Gasteiger partial charge >= 0.3 is 0 Å². The smallest absolute Gasteiger partial charge is 0.118 e.